The molecule has 0 atom stereocenters. The van der Waals surface area contributed by atoms with Gasteiger partial charge in [0.2, 0.25) is 5.91 Å². The number of amides is 1. The molecule has 35 heavy (non-hydrogen) atoms. The second kappa shape index (κ2) is 11.6. The highest BCUT2D eigenvalue weighted by atomic mass is 31.2. The molecule has 4 nitrogen and oxygen atoms in total. The topological polar surface area (TPSA) is 55.4 Å². The predicted octanol–water partition coefficient (Wildman–Crippen LogP) is 5.07. The zero-order valence-electron chi connectivity index (χ0n) is 19.8. The first kappa shape index (κ1) is 24.4. The number of nitrogens with one attached hydrogen (secondary N) is 1. The first-order chi connectivity index (χ1) is 17.1. The van der Waals surface area contributed by atoms with Crippen LogP contribution in [-0.4, -0.2) is 19.0 Å². The molecule has 0 aromatic heterocycles. The summed E-state index contributed by atoms with van der Waals surface area (Å²) in [6.45, 7) is 0. The van der Waals surface area contributed by atoms with Crippen LogP contribution in [-0.2, 0) is 20.5 Å². The molecule has 4 aromatic rings. The number of ether oxygens (including phenoxy) is 1. The van der Waals surface area contributed by atoms with Crippen LogP contribution in [0.15, 0.2) is 115 Å². The largest absolute Gasteiger partial charge is 0.469 e. The Kier molecular flexibility index (Phi) is 8.07. The summed E-state index contributed by atoms with van der Waals surface area (Å²) in [6, 6.07) is 39.9. The van der Waals surface area contributed by atoms with Crippen LogP contribution >= 0.6 is 7.26 Å². The van der Waals surface area contributed by atoms with Crippen LogP contribution < -0.4 is 21.2 Å². The first-order valence-electron chi connectivity index (χ1n) is 11.6. The van der Waals surface area contributed by atoms with Crippen LogP contribution in [0.2, 0.25) is 0 Å². The van der Waals surface area contributed by atoms with Gasteiger partial charge >= 0.3 is 5.97 Å². The zero-order chi connectivity index (χ0) is 24.5. The monoisotopic (exact) mass is 482 g/mol. The molecule has 0 aliphatic rings. The molecule has 0 aliphatic carbocycles. The maximum atomic E-state index is 12.7. The maximum absolute atomic E-state index is 12.7. The second-order valence-corrected chi connectivity index (χ2v) is 11.7. The molecule has 0 saturated heterocycles. The van der Waals surface area contributed by atoms with Crippen LogP contribution in [0.1, 0.15) is 18.4 Å². The summed E-state index contributed by atoms with van der Waals surface area (Å²) < 4.78 is 4.67. The minimum Gasteiger partial charge on any atom is -0.469 e. The van der Waals surface area contributed by atoms with Crippen LogP contribution in [0.25, 0.3) is 0 Å². The Labute approximate surface area is 207 Å². The Hall–Kier alpha value is -3.75. The fraction of sp³-hybridized carbons (Fsp3) is 0.133. The molecule has 0 bridgehead atoms. The molecule has 1 N–H and O–H groups in total. The Morgan fingerprint density at radius 1 is 0.657 bits per heavy atom. The van der Waals surface area contributed by atoms with Crippen LogP contribution in [0.4, 0.5) is 5.69 Å². The van der Waals surface area contributed by atoms with Crippen molar-refractivity contribution in [3.63, 3.8) is 0 Å². The number of para-hydroxylation sites is 1. The fourth-order valence-electron chi connectivity index (χ4n) is 4.33. The lowest BCUT2D eigenvalue weighted by atomic mass is 10.2. The van der Waals surface area contributed by atoms with Gasteiger partial charge in [-0.2, -0.15) is 0 Å². The number of carbonyl (C=O) groups excluding carboxylic acids is 2. The molecule has 176 valence electrons. The van der Waals surface area contributed by atoms with Gasteiger partial charge in [-0.05, 0) is 42.5 Å². The van der Waals surface area contributed by atoms with Crippen molar-refractivity contribution >= 4 is 40.7 Å². The quantitative estimate of drug-likeness (QED) is 0.268. The van der Waals surface area contributed by atoms with E-state index in [2.05, 4.69) is 88.9 Å². The van der Waals surface area contributed by atoms with Crippen molar-refractivity contribution < 1.29 is 14.3 Å². The van der Waals surface area contributed by atoms with E-state index in [4.69, 9.17) is 0 Å². The highest BCUT2D eigenvalue weighted by Gasteiger charge is 2.45. The summed E-state index contributed by atoms with van der Waals surface area (Å²) >= 11 is 0. The number of carbonyl (C=O) groups is 2. The number of rotatable bonds is 9. The van der Waals surface area contributed by atoms with E-state index in [1.165, 1.54) is 23.0 Å². The molecule has 0 aliphatic heterocycles. The van der Waals surface area contributed by atoms with Crippen molar-refractivity contribution in [1.29, 1.82) is 0 Å². The standard InChI is InChI=1S/C30H28NO3P/c1-34-30(33)22-21-29(32)31-28-20-12-11-13-24(28)23-35(25-14-5-2-6-15-25,26-16-7-3-8-17-26)27-18-9-4-10-19-27/h2-20H,21-23H2,1H3/p+1. The Morgan fingerprint density at radius 3 is 1.60 bits per heavy atom. The van der Waals surface area contributed by atoms with Crippen molar-refractivity contribution in [2.24, 2.45) is 0 Å². The van der Waals surface area contributed by atoms with Crippen LogP contribution in [0.3, 0.4) is 0 Å². The third-order valence-corrected chi connectivity index (χ3v) is 10.4. The highest BCUT2D eigenvalue weighted by molar-refractivity contribution is 7.95. The molecule has 4 rings (SSSR count). The maximum Gasteiger partial charge on any atom is 0.306 e. The van der Waals surface area contributed by atoms with E-state index in [0.717, 1.165) is 17.4 Å². The fourth-order valence-corrected chi connectivity index (χ4v) is 8.61. The van der Waals surface area contributed by atoms with Crippen LogP contribution in [0, 0.1) is 0 Å². The number of anilines is 1. The van der Waals surface area contributed by atoms with Crippen molar-refractivity contribution in [1.82, 2.24) is 0 Å². The lowest BCUT2D eigenvalue weighted by Crippen LogP contribution is -2.32. The van der Waals surface area contributed by atoms with Gasteiger partial charge in [0, 0.05) is 17.7 Å². The minimum absolute atomic E-state index is 0.0550. The summed E-state index contributed by atoms with van der Waals surface area (Å²) in [5, 5.41) is 6.88. The molecular weight excluding hydrogens is 453 g/mol. The van der Waals surface area contributed by atoms with E-state index >= 15 is 0 Å². The first-order valence-corrected chi connectivity index (χ1v) is 13.6. The smallest absolute Gasteiger partial charge is 0.306 e. The van der Waals surface area contributed by atoms with Crippen molar-refractivity contribution in [2.45, 2.75) is 19.0 Å². The van der Waals surface area contributed by atoms with Gasteiger partial charge < -0.3 is 10.1 Å². The molecule has 0 radical (unpaired) electrons. The molecular formula is C30H29NO3P+. The molecule has 1 amide bonds. The van der Waals surface area contributed by atoms with Crippen molar-refractivity contribution in [3.05, 3.63) is 121 Å². The van der Waals surface area contributed by atoms with E-state index in [0.29, 0.717) is 0 Å². The summed E-state index contributed by atoms with van der Waals surface area (Å²) in [6.07, 6.45) is 0.884. The lowest BCUT2D eigenvalue weighted by molar-refractivity contribution is -0.141. The van der Waals surface area contributed by atoms with Gasteiger partial charge in [-0.3, -0.25) is 9.59 Å². The van der Waals surface area contributed by atoms with Crippen LogP contribution in [0.5, 0.6) is 0 Å². The summed E-state index contributed by atoms with van der Waals surface area (Å²) in [5.41, 5.74) is 1.83. The Bertz CT molecular complexity index is 1160. The number of hydrogen-bond donors (Lipinski definition) is 1. The average molecular weight is 483 g/mol. The number of methoxy groups -OCH3 is 1. The summed E-state index contributed by atoms with van der Waals surface area (Å²) in [4.78, 5) is 24.1. The molecule has 0 spiro atoms. The Balaban J connectivity index is 1.80. The Morgan fingerprint density at radius 2 is 1.11 bits per heavy atom. The van der Waals surface area contributed by atoms with E-state index in [1.54, 1.807) is 0 Å². The van der Waals surface area contributed by atoms with Crippen molar-refractivity contribution in [2.75, 3.05) is 12.4 Å². The van der Waals surface area contributed by atoms with Crippen molar-refractivity contribution in [3.8, 4) is 0 Å². The van der Waals surface area contributed by atoms with Gasteiger partial charge in [0.25, 0.3) is 0 Å². The number of hydrogen-bond acceptors (Lipinski definition) is 3. The molecule has 0 fully saturated rings. The van der Waals surface area contributed by atoms with Gasteiger partial charge in [0.15, 0.2) is 0 Å². The summed E-state index contributed by atoms with van der Waals surface area (Å²) in [5.74, 6) is -0.596. The molecule has 0 heterocycles. The van der Waals surface area contributed by atoms with Gasteiger partial charge in [0.05, 0.1) is 13.5 Å². The zero-order valence-corrected chi connectivity index (χ0v) is 20.7. The third kappa shape index (κ3) is 5.67. The van der Waals surface area contributed by atoms with Gasteiger partial charge in [-0.15, -0.1) is 0 Å². The number of benzene rings is 4. The van der Waals surface area contributed by atoms with E-state index < -0.39 is 13.2 Å². The highest BCUT2D eigenvalue weighted by Crippen LogP contribution is 2.58. The lowest BCUT2D eigenvalue weighted by Gasteiger charge is -2.28. The van der Waals surface area contributed by atoms with E-state index in [9.17, 15) is 9.59 Å². The predicted molar refractivity (Wildman–Crippen MR) is 145 cm³/mol. The van der Waals surface area contributed by atoms with Gasteiger partial charge in [0.1, 0.15) is 29.3 Å². The second-order valence-electron chi connectivity index (χ2n) is 8.26. The SMILES string of the molecule is COC(=O)CCC(=O)Nc1ccccc1C[P+](c1ccccc1)(c1ccccc1)c1ccccc1. The van der Waals surface area contributed by atoms with E-state index in [1.807, 2.05) is 36.4 Å². The molecule has 0 unspecified atom stereocenters. The number of esters is 1. The summed E-state index contributed by atoms with van der Waals surface area (Å²) in [7, 11) is -0.778. The molecule has 5 heteroatoms. The normalized spacial score (nSPS) is 11.0. The average Bonchev–Trinajstić information content (AvgIpc) is 2.92. The minimum atomic E-state index is -2.11. The molecule has 4 aromatic carbocycles. The molecule has 0 saturated carbocycles. The third-order valence-electron chi connectivity index (χ3n) is 6.07. The van der Waals surface area contributed by atoms with Gasteiger partial charge in [-0.25, -0.2) is 0 Å². The van der Waals surface area contributed by atoms with E-state index in [-0.39, 0.29) is 18.7 Å². The van der Waals surface area contributed by atoms with Gasteiger partial charge in [-0.1, -0.05) is 72.8 Å².